The van der Waals surface area contributed by atoms with Gasteiger partial charge in [-0.15, -0.1) is 0 Å². The van der Waals surface area contributed by atoms with Gasteiger partial charge in [-0.25, -0.2) is 0 Å². The highest BCUT2D eigenvalue weighted by Crippen LogP contribution is 2.37. The summed E-state index contributed by atoms with van der Waals surface area (Å²) < 4.78 is 6.32. The molecule has 1 amide bonds. The highest BCUT2D eigenvalue weighted by atomic mass is 28.4. The number of nitrogens with one attached hydrogen (secondary N) is 1. The predicted octanol–water partition coefficient (Wildman–Crippen LogP) is 5.87. The van der Waals surface area contributed by atoms with Gasteiger partial charge in [0.25, 0.3) is 5.91 Å². The molecule has 2 aromatic carbocycles. The third-order valence-electron chi connectivity index (χ3n) is 5.16. The van der Waals surface area contributed by atoms with E-state index in [0.29, 0.717) is 11.3 Å². The molecule has 5 heteroatoms. The first-order chi connectivity index (χ1) is 12.7. The second-order valence-corrected chi connectivity index (χ2v) is 12.9. The number of benzene rings is 2. The molecule has 1 N–H and O–H groups in total. The monoisotopic (exact) mass is 378 g/mol. The normalized spacial score (nSPS) is 12.0. The van der Waals surface area contributed by atoms with Crippen molar-refractivity contribution in [1.82, 2.24) is 4.98 Å². The quantitative estimate of drug-likeness (QED) is 0.578. The minimum absolute atomic E-state index is 0.0971. The molecular formula is C22H26N2O2Si. The van der Waals surface area contributed by atoms with Crippen molar-refractivity contribution < 1.29 is 9.22 Å². The summed E-state index contributed by atoms with van der Waals surface area (Å²) in [5.74, 6) is 0.569. The SMILES string of the molecule is CC(C)(C)[Si](C)(C)Oc1cccc(C(=O)Nc2cccc3cccnc23)c1. The van der Waals surface area contributed by atoms with Crippen LogP contribution in [-0.4, -0.2) is 19.2 Å². The fourth-order valence-corrected chi connectivity index (χ4v) is 3.57. The summed E-state index contributed by atoms with van der Waals surface area (Å²) in [5, 5.41) is 4.06. The van der Waals surface area contributed by atoms with Gasteiger partial charge in [0, 0.05) is 17.1 Å². The first-order valence-corrected chi connectivity index (χ1v) is 12.0. The van der Waals surface area contributed by atoms with E-state index in [1.54, 1.807) is 12.3 Å². The van der Waals surface area contributed by atoms with Gasteiger partial charge in [-0.05, 0) is 48.5 Å². The molecule has 0 spiro atoms. The van der Waals surface area contributed by atoms with Crippen molar-refractivity contribution in [2.24, 2.45) is 0 Å². The van der Waals surface area contributed by atoms with E-state index < -0.39 is 8.32 Å². The van der Waals surface area contributed by atoms with Crippen molar-refractivity contribution >= 4 is 30.8 Å². The number of carbonyl (C=O) groups excluding carboxylic acids is 1. The van der Waals surface area contributed by atoms with E-state index >= 15 is 0 Å². The highest BCUT2D eigenvalue weighted by molar-refractivity contribution is 6.74. The summed E-state index contributed by atoms with van der Waals surface area (Å²) >= 11 is 0. The molecule has 0 bridgehead atoms. The van der Waals surface area contributed by atoms with E-state index in [-0.39, 0.29) is 10.9 Å². The molecule has 0 radical (unpaired) electrons. The van der Waals surface area contributed by atoms with Crippen molar-refractivity contribution in [2.45, 2.75) is 38.9 Å². The zero-order chi connectivity index (χ0) is 19.7. The lowest BCUT2D eigenvalue weighted by Gasteiger charge is -2.36. The second-order valence-electron chi connectivity index (χ2n) is 8.23. The number of para-hydroxylation sites is 1. The van der Waals surface area contributed by atoms with Gasteiger partial charge in [0.15, 0.2) is 0 Å². The smallest absolute Gasteiger partial charge is 0.255 e. The van der Waals surface area contributed by atoms with E-state index in [9.17, 15) is 4.79 Å². The number of hydrogen-bond donors (Lipinski definition) is 1. The Balaban J connectivity index is 1.84. The van der Waals surface area contributed by atoms with E-state index in [4.69, 9.17) is 4.43 Å². The molecule has 0 unspecified atom stereocenters. The van der Waals surface area contributed by atoms with Crippen LogP contribution in [0.2, 0.25) is 18.1 Å². The molecule has 1 heterocycles. The zero-order valence-corrected chi connectivity index (χ0v) is 17.5. The Kier molecular flexibility index (Phi) is 5.06. The lowest BCUT2D eigenvalue weighted by Crippen LogP contribution is -2.43. The first-order valence-electron chi connectivity index (χ1n) is 9.11. The number of carbonyl (C=O) groups is 1. The van der Waals surface area contributed by atoms with Gasteiger partial charge < -0.3 is 9.74 Å². The average molecular weight is 379 g/mol. The topological polar surface area (TPSA) is 51.2 Å². The molecule has 0 saturated heterocycles. The zero-order valence-electron chi connectivity index (χ0n) is 16.5. The van der Waals surface area contributed by atoms with Gasteiger partial charge in [0.1, 0.15) is 5.75 Å². The standard InChI is InChI=1S/C22H26N2O2Si/c1-22(2,3)27(4,5)26-18-12-6-10-17(15-18)21(25)24-19-13-7-9-16-11-8-14-23-20(16)19/h6-15H,1-5H3,(H,24,25). The predicted molar refractivity (Wildman–Crippen MR) is 114 cm³/mol. The van der Waals surface area contributed by atoms with E-state index in [1.165, 1.54) is 0 Å². The van der Waals surface area contributed by atoms with Gasteiger partial charge in [0.05, 0.1) is 11.2 Å². The van der Waals surface area contributed by atoms with Gasteiger partial charge in [-0.2, -0.15) is 0 Å². The molecule has 0 aliphatic heterocycles. The molecule has 0 aliphatic rings. The summed E-state index contributed by atoms with van der Waals surface area (Å²) in [6, 6.07) is 17.0. The Hall–Kier alpha value is -2.66. The number of aromatic nitrogens is 1. The highest BCUT2D eigenvalue weighted by Gasteiger charge is 2.39. The fourth-order valence-electron chi connectivity index (χ4n) is 2.55. The number of rotatable bonds is 4. The summed E-state index contributed by atoms with van der Waals surface area (Å²) in [5.41, 5.74) is 2.05. The Bertz CT molecular complexity index is 972. The van der Waals surface area contributed by atoms with Crippen molar-refractivity contribution in [2.75, 3.05) is 5.32 Å². The molecule has 1 aromatic heterocycles. The number of nitrogens with zero attached hydrogens (tertiary/aromatic N) is 1. The second kappa shape index (κ2) is 7.16. The number of hydrogen-bond acceptors (Lipinski definition) is 3. The molecule has 0 saturated carbocycles. The van der Waals surface area contributed by atoms with Crippen LogP contribution in [0.15, 0.2) is 60.8 Å². The minimum atomic E-state index is -1.96. The van der Waals surface area contributed by atoms with Crippen LogP contribution in [0.3, 0.4) is 0 Å². The molecule has 27 heavy (non-hydrogen) atoms. The maximum absolute atomic E-state index is 12.8. The largest absolute Gasteiger partial charge is 0.543 e. The summed E-state index contributed by atoms with van der Waals surface area (Å²) in [4.78, 5) is 17.2. The van der Waals surface area contributed by atoms with Crippen LogP contribution in [0.1, 0.15) is 31.1 Å². The maximum atomic E-state index is 12.8. The van der Waals surface area contributed by atoms with Crippen LogP contribution in [0, 0.1) is 0 Å². The summed E-state index contributed by atoms with van der Waals surface area (Å²) in [6.45, 7) is 11.0. The van der Waals surface area contributed by atoms with Crippen molar-refractivity contribution in [3.63, 3.8) is 0 Å². The Morgan fingerprint density at radius 3 is 2.48 bits per heavy atom. The third kappa shape index (κ3) is 4.19. The molecular weight excluding hydrogens is 352 g/mol. The number of pyridine rings is 1. The molecule has 4 nitrogen and oxygen atoms in total. The van der Waals surface area contributed by atoms with Crippen LogP contribution in [0.25, 0.3) is 10.9 Å². The van der Waals surface area contributed by atoms with Crippen LogP contribution in [-0.2, 0) is 0 Å². The molecule has 0 aliphatic carbocycles. The maximum Gasteiger partial charge on any atom is 0.255 e. The van der Waals surface area contributed by atoms with Crippen molar-refractivity contribution in [3.8, 4) is 5.75 Å². The minimum Gasteiger partial charge on any atom is -0.543 e. The summed E-state index contributed by atoms with van der Waals surface area (Å²) in [6.07, 6.45) is 1.73. The Morgan fingerprint density at radius 2 is 1.74 bits per heavy atom. The Morgan fingerprint density at radius 1 is 1.04 bits per heavy atom. The first kappa shape index (κ1) is 19.1. The third-order valence-corrected chi connectivity index (χ3v) is 9.51. The molecule has 140 valence electrons. The molecule has 0 atom stereocenters. The van der Waals surface area contributed by atoms with Crippen LogP contribution in [0.5, 0.6) is 5.75 Å². The van der Waals surface area contributed by atoms with Gasteiger partial charge in [0.2, 0.25) is 8.32 Å². The molecule has 3 aromatic rings. The van der Waals surface area contributed by atoms with Gasteiger partial charge in [-0.1, -0.05) is 45.0 Å². The van der Waals surface area contributed by atoms with Crippen LogP contribution in [0.4, 0.5) is 5.69 Å². The average Bonchev–Trinajstić information content (AvgIpc) is 2.61. The summed E-state index contributed by atoms with van der Waals surface area (Å²) in [7, 11) is -1.96. The van der Waals surface area contributed by atoms with Crippen molar-refractivity contribution in [1.29, 1.82) is 0 Å². The van der Waals surface area contributed by atoms with Crippen LogP contribution >= 0.6 is 0 Å². The van der Waals surface area contributed by atoms with Crippen LogP contribution < -0.4 is 9.74 Å². The lowest BCUT2D eigenvalue weighted by molar-refractivity contribution is 0.102. The lowest BCUT2D eigenvalue weighted by atomic mass is 10.1. The van der Waals surface area contributed by atoms with Gasteiger partial charge >= 0.3 is 0 Å². The number of fused-ring (bicyclic) bond motifs is 1. The number of amides is 1. The van der Waals surface area contributed by atoms with E-state index in [0.717, 1.165) is 16.7 Å². The fraction of sp³-hybridized carbons (Fsp3) is 0.273. The van der Waals surface area contributed by atoms with Gasteiger partial charge in [-0.3, -0.25) is 9.78 Å². The van der Waals surface area contributed by atoms with E-state index in [1.807, 2.05) is 48.5 Å². The molecule has 0 fully saturated rings. The van der Waals surface area contributed by atoms with Crippen molar-refractivity contribution in [3.05, 3.63) is 66.4 Å². The van der Waals surface area contributed by atoms with E-state index in [2.05, 4.69) is 44.2 Å². The number of anilines is 1. The molecule has 3 rings (SSSR count). The Labute approximate surface area is 161 Å².